The lowest BCUT2D eigenvalue weighted by molar-refractivity contribution is -0.139. The van der Waals surface area contributed by atoms with Gasteiger partial charge in [-0.3, -0.25) is 0 Å². The number of carbonyl (C=O) groups is 1. The number of carbonyl (C=O) groups excluding carboxylic acids is 1. The van der Waals surface area contributed by atoms with Gasteiger partial charge in [-0.1, -0.05) is 18.2 Å². The number of benzene rings is 2. The van der Waals surface area contributed by atoms with E-state index < -0.39 is 12.0 Å². The summed E-state index contributed by atoms with van der Waals surface area (Å²) in [6.45, 7) is 3.86. The number of nitrogens with zero attached hydrogens (tertiary/aromatic N) is 3. The Hall–Kier alpha value is -4.01. The molecule has 1 atom stereocenters. The number of para-hydroxylation sites is 1. The Morgan fingerprint density at radius 1 is 1.03 bits per heavy atom. The zero-order valence-electron chi connectivity index (χ0n) is 19.2. The normalized spacial score (nSPS) is 14.9. The number of esters is 1. The van der Waals surface area contributed by atoms with Crippen LogP contribution in [0.3, 0.4) is 0 Å². The quantitative estimate of drug-likeness (QED) is 0.543. The summed E-state index contributed by atoms with van der Waals surface area (Å²) in [6.07, 6.45) is 0. The number of anilines is 1. The molecule has 9 nitrogen and oxygen atoms in total. The molecule has 0 aliphatic carbocycles. The standard InChI is InChI=1S/C24H26N4O5/c1-6-33-23(29)20-14(2)25-24-26-22(15-11-12-18(31-4)19(13-15)32-5)27-28(24)21(20)16-9-7-8-10-17(16)30-3/h7-13,21H,6H2,1-5H3,(H,25,26,27). The summed E-state index contributed by atoms with van der Waals surface area (Å²) < 4.78 is 23.4. The van der Waals surface area contributed by atoms with Gasteiger partial charge in [0.15, 0.2) is 17.3 Å². The Morgan fingerprint density at radius 2 is 1.76 bits per heavy atom. The fourth-order valence-corrected chi connectivity index (χ4v) is 3.90. The Balaban J connectivity index is 1.88. The average molecular weight is 450 g/mol. The smallest absolute Gasteiger partial charge is 0.338 e. The number of allylic oxidation sites excluding steroid dienone is 1. The second-order valence-electron chi connectivity index (χ2n) is 7.30. The van der Waals surface area contributed by atoms with Gasteiger partial charge in [-0.05, 0) is 38.1 Å². The fourth-order valence-electron chi connectivity index (χ4n) is 3.90. The summed E-state index contributed by atoms with van der Waals surface area (Å²) in [5, 5.41) is 7.96. The van der Waals surface area contributed by atoms with E-state index in [2.05, 4.69) is 5.32 Å². The lowest BCUT2D eigenvalue weighted by Gasteiger charge is -2.28. The number of fused-ring (bicyclic) bond motifs is 1. The average Bonchev–Trinajstić information content (AvgIpc) is 3.26. The first-order valence-electron chi connectivity index (χ1n) is 10.5. The SMILES string of the molecule is CCOC(=O)C1=C(C)Nc2nc(-c3ccc(OC)c(OC)c3)nn2C1c1ccccc1OC. The van der Waals surface area contributed by atoms with Crippen LogP contribution in [0.4, 0.5) is 5.95 Å². The molecule has 1 aliphatic heterocycles. The summed E-state index contributed by atoms with van der Waals surface area (Å²) in [5.41, 5.74) is 2.60. The van der Waals surface area contributed by atoms with Crippen LogP contribution in [0.15, 0.2) is 53.7 Å². The van der Waals surface area contributed by atoms with Crippen molar-refractivity contribution in [3.8, 4) is 28.6 Å². The predicted octanol–water partition coefficient (Wildman–Crippen LogP) is 3.82. The third-order valence-electron chi connectivity index (χ3n) is 5.42. The van der Waals surface area contributed by atoms with E-state index in [-0.39, 0.29) is 6.61 Å². The zero-order valence-corrected chi connectivity index (χ0v) is 19.2. The molecule has 4 rings (SSSR count). The van der Waals surface area contributed by atoms with Crippen LogP contribution >= 0.6 is 0 Å². The van der Waals surface area contributed by atoms with Crippen molar-refractivity contribution in [1.29, 1.82) is 0 Å². The lowest BCUT2D eigenvalue weighted by Crippen LogP contribution is -2.30. The number of aromatic nitrogens is 3. The van der Waals surface area contributed by atoms with Crippen molar-refractivity contribution >= 4 is 11.9 Å². The van der Waals surface area contributed by atoms with Gasteiger partial charge in [-0.25, -0.2) is 9.48 Å². The van der Waals surface area contributed by atoms with E-state index in [0.717, 1.165) is 11.1 Å². The summed E-state index contributed by atoms with van der Waals surface area (Å²) in [7, 11) is 4.75. The van der Waals surface area contributed by atoms with E-state index >= 15 is 0 Å². The van der Waals surface area contributed by atoms with Crippen molar-refractivity contribution in [3.63, 3.8) is 0 Å². The molecule has 1 aliphatic rings. The summed E-state index contributed by atoms with van der Waals surface area (Å²) in [5.74, 6) is 2.36. The van der Waals surface area contributed by atoms with Gasteiger partial charge in [0.1, 0.15) is 11.8 Å². The van der Waals surface area contributed by atoms with Crippen LogP contribution in [-0.2, 0) is 9.53 Å². The van der Waals surface area contributed by atoms with Crippen LogP contribution in [0.1, 0.15) is 25.5 Å². The van der Waals surface area contributed by atoms with Crippen LogP contribution < -0.4 is 19.5 Å². The first-order valence-corrected chi connectivity index (χ1v) is 10.5. The van der Waals surface area contributed by atoms with Crippen LogP contribution in [0.25, 0.3) is 11.4 Å². The Kier molecular flexibility index (Phi) is 6.21. The van der Waals surface area contributed by atoms with Crippen molar-refractivity contribution in [2.75, 3.05) is 33.3 Å². The zero-order chi connectivity index (χ0) is 23.5. The van der Waals surface area contributed by atoms with Crippen molar-refractivity contribution in [1.82, 2.24) is 14.8 Å². The molecule has 1 aromatic heterocycles. The highest BCUT2D eigenvalue weighted by molar-refractivity contribution is 5.92. The van der Waals surface area contributed by atoms with Gasteiger partial charge >= 0.3 is 5.97 Å². The van der Waals surface area contributed by atoms with Gasteiger partial charge in [0, 0.05) is 16.8 Å². The van der Waals surface area contributed by atoms with Crippen molar-refractivity contribution in [2.45, 2.75) is 19.9 Å². The summed E-state index contributed by atoms with van der Waals surface area (Å²) in [6, 6.07) is 12.4. The molecule has 9 heteroatoms. The number of rotatable bonds is 7. The van der Waals surface area contributed by atoms with Gasteiger partial charge in [0.25, 0.3) is 0 Å². The maximum Gasteiger partial charge on any atom is 0.338 e. The fraction of sp³-hybridized carbons (Fsp3) is 0.292. The Bertz CT molecular complexity index is 1220. The number of ether oxygens (including phenoxy) is 4. The van der Waals surface area contributed by atoms with Gasteiger partial charge in [-0.2, -0.15) is 4.98 Å². The maximum atomic E-state index is 13.0. The molecule has 0 saturated heterocycles. The molecule has 0 fully saturated rings. The van der Waals surface area contributed by atoms with Crippen LogP contribution in [0.2, 0.25) is 0 Å². The highest BCUT2D eigenvalue weighted by atomic mass is 16.5. The van der Waals surface area contributed by atoms with Crippen molar-refractivity contribution < 1.29 is 23.7 Å². The largest absolute Gasteiger partial charge is 0.496 e. The Labute approximate surface area is 191 Å². The molecule has 0 radical (unpaired) electrons. The van der Waals surface area contributed by atoms with Gasteiger partial charge in [0.05, 0.1) is 33.5 Å². The maximum absolute atomic E-state index is 13.0. The van der Waals surface area contributed by atoms with E-state index in [9.17, 15) is 4.79 Å². The van der Waals surface area contributed by atoms with Crippen LogP contribution in [-0.4, -0.2) is 48.7 Å². The third kappa shape index (κ3) is 3.97. The molecule has 172 valence electrons. The second-order valence-corrected chi connectivity index (χ2v) is 7.30. The predicted molar refractivity (Wildman–Crippen MR) is 123 cm³/mol. The second kappa shape index (κ2) is 9.23. The van der Waals surface area contributed by atoms with Gasteiger partial charge < -0.3 is 24.3 Å². The molecule has 0 saturated carbocycles. The Morgan fingerprint density at radius 3 is 2.45 bits per heavy atom. The highest BCUT2D eigenvalue weighted by Crippen LogP contribution is 2.40. The van der Waals surface area contributed by atoms with E-state index in [1.165, 1.54) is 0 Å². The third-order valence-corrected chi connectivity index (χ3v) is 5.42. The molecule has 0 amide bonds. The number of hydrogen-bond acceptors (Lipinski definition) is 8. The van der Waals surface area contributed by atoms with Gasteiger partial charge in [0.2, 0.25) is 5.95 Å². The molecular weight excluding hydrogens is 424 g/mol. The molecule has 33 heavy (non-hydrogen) atoms. The molecule has 1 unspecified atom stereocenters. The molecule has 2 heterocycles. The highest BCUT2D eigenvalue weighted by Gasteiger charge is 2.36. The minimum Gasteiger partial charge on any atom is -0.496 e. The van der Waals surface area contributed by atoms with Crippen LogP contribution in [0.5, 0.6) is 17.2 Å². The molecule has 3 aromatic rings. The van der Waals surface area contributed by atoms with Crippen LogP contribution in [0, 0.1) is 0 Å². The van der Waals surface area contributed by atoms with E-state index in [4.69, 9.17) is 29.0 Å². The monoisotopic (exact) mass is 450 g/mol. The number of methoxy groups -OCH3 is 3. The molecule has 2 aromatic carbocycles. The van der Waals surface area contributed by atoms with Crippen molar-refractivity contribution in [2.24, 2.45) is 0 Å². The first-order chi connectivity index (χ1) is 16.0. The first kappa shape index (κ1) is 22.2. The lowest BCUT2D eigenvalue weighted by atomic mass is 9.95. The minimum absolute atomic E-state index is 0.259. The summed E-state index contributed by atoms with van der Waals surface area (Å²) in [4.78, 5) is 17.7. The topological polar surface area (TPSA) is 96.7 Å². The molecule has 0 bridgehead atoms. The van der Waals surface area contributed by atoms with Gasteiger partial charge in [-0.15, -0.1) is 5.10 Å². The van der Waals surface area contributed by atoms with E-state index in [0.29, 0.717) is 40.3 Å². The number of hydrogen-bond donors (Lipinski definition) is 1. The van der Waals surface area contributed by atoms with E-state index in [1.807, 2.05) is 43.3 Å². The van der Waals surface area contributed by atoms with Crippen molar-refractivity contribution in [3.05, 3.63) is 59.3 Å². The molecular formula is C24H26N4O5. The number of nitrogens with one attached hydrogen (secondary N) is 1. The summed E-state index contributed by atoms with van der Waals surface area (Å²) >= 11 is 0. The minimum atomic E-state index is -0.585. The van der Waals surface area contributed by atoms with E-state index in [1.54, 1.807) is 39.0 Å². The molecule has 0 spiro atoms. The molecule has 1 N–H and O–H groups in total.